The van der Waals surface area contributed by atoms with Crippen LogP contribution in [0.2, 0.25) is 0 Å². The van der Waals surface area contributed by atoms with Crippen LogP contribution in [0.4, 0.5) is 4.79 Å². The summed E-state index contributed by atoms with van der Waals surface area (Å²) >= 11 is 1.58. The number of carbonyl (C=O) groups is 2. The van der Waals surface area contributed by atoms with E-state index in [1.165, 1.54) is 4.90 Å². The molecule has 0 aromatic rings. The second-order valence-electron chi connectivity index (χ2n) is 7.08. The smallest absolute Gasteiger partial charge is 0.411 e. The fourth-order valence-corrected chi connectivity index (χ4v) is 4.50. The molecule has 6 heteroatoms. The molecule has 0 radical (unpaired) electrons. The minimum absolute atomic E-state index is 0.311. The van der Waals surface area contributed by atoms with E-state index in [1.807, 2.05) is 13.8 Å². The van der Waals surface area contributed by atoms with E-state index in [9.17, 15) is 14.7 Å². The van der Waals surface area contributed by atoms with E-state index in [2.05, 4.69) is 0 Å². The van der Waals surface area contributed by atoms with Gasteiger partial charge in [0.25, 0.3) is 0 Å². The Balaban J connectivity index is 3.24. The molecule has 5 nitrogen and oxygen atoms in total. The number of carboxylic acid groups (broad SMARTS) is 1. The summed E-state index contributed by atoms with van der Waals surface area (Å²) in [6.45, 7) is 11.3. The maximum absolute atomic E-state index is 12.5. The van der Waals surface area contributed by atoms with Crippen LogP contribution < -0.4 is 0 Å². The number of carboxylic acids is 1. The van der Waals surface area contributed by atoms with Crippen LogP contribution in [0, 0.1) is 5.41 Å². The summed E-state index contributed by atoms with van der Waals surface area (Å²) in [7, 11) is 0. The molecule has 0 saturated carbocycles. The van der Waals surface area contributed by atoms with E-state index in [0.717, 1.165) is 12.2 Å². The predicted octanol–water partition coefficient (Wildman–Crippen LogP) is 3.23. The Morgan fingerprint density at radius 3 is 2.29 bits per heavy atom. The molecule has 1 aliphatic rings. The molecular weight excluding hydrogens is 290 g/mol. The highest BCUT2D eigenvalue weighted by Crippen LogP contribution is 2.46. The van der Waals surface area contributed by atoms with Gasteiger partial charge in [0.1, 0.15) is 5.60 Å². The molecule has 1 rings (SSSR count). The second kappa shape index (κ2) is 6.07. The molecule has 0 aliphatic carbocycles. The Kier molecular flexibility index (Phi) is 5.24. The van der Waals surface area contributed by atoms with Crippen molar-refractivity contribution in [1.29, 1.82) is 0 Å². The summed E-state index contributed by atoms with van der Waals surface area (Å²) in [5, 5.41) is 9.91. The van der Waals surface area contributed by atoms with Crippen LogP contribution in [0.5, 0.6) is 0 Å². The maximum Gasteiger partial charge on any atom is 0.411 e. The topological polar surface area (TPSA) is 66.8 Å². The van der Waals surface area contributed by atoms with Gasteiger partial charge in [0.2, 0.25) is 0 Å². The van der Waals surface area contributed by atoms with Gasteiger partial charge in [-0.1, -0.05) is 13.8 Å². The zero-order chi connectivity index (χ0) is 16.5. The van der Waals surface area contributed by atoms with E-state index in [4.69, 9.17) is 4.74 Å². The van der Waals surface area contributed by atoms with Gasteiger partial charge in [0.05, 0.1) is 0 Å². The van der Waals surface area contributed by atoms with Gasteiger partial charge in [-0.15, -0.1) is 0 Å². The molecule has 1 heterocycles. The van der Waals surface area contributed by atoms with Crippen molar-refractivity contribution < 1.29 is 19.4 Å². The normalized spacial score (nSPS) is 25.2. The lowest BCUT2D eigenvalue weighted by atomic mass is 9.69. The molecule has 1 fully saturated rings. The molecule has 21 heavy (non-hydrogen) atoms. The number of nitrogens with zero attached hydrogens (tertiary/aromatic N) is 1. The van der Waals surface area contributed by atoms with Crippen molar-refractivity contribution in [1.82, 2.24) is 4.90 Å². The van der Waals surface area contributed by atoms with Crippen molar-refractivity contribution in [3.63, 3.8) is 0 Å². The molecule has 1 amide bonds. The quantitative estimate of drug-likeness (QED) is 0.865. The van der Waals surface area contributed by atoms with Gasteiger partial charge < -0.3 is 9.84 Å². The molecule has 1 aliphatic heterocycles. The summed E-state index contributed by atoms with van der Waals surface area (Å²) in [6.07, 6.45) is 0.200. The first kappa shape index (κ1) is 18.1. The van der Waals surface area contributed by atoms with Crippen molar-refractivity contribution in [2.24, 2.45) is 5.41 Å². The first-order chi connectivity index (χ1) is 9.48. The van der Waals surface area contributed by atoms with Gasteiger partial charge in [-0.25, -0.2) is 9.59 Å². The van der Waals surface area contributed by atoms with Crippen LogP contribution in [0.25, 0.3) is 0 Å². The lowest BCUT2D eigenvalue weighted by Gasteiger charge is -2.52. The first-order valence-corrected chi connectivity index (χ1v) is 8.45. The van der Waals surface area contributed by atoms with Gasteiger partial charge in [0, 0.05) is 17.7 Å². The fraction of sp³-hybridized carbons (Fsp3) is 0.867. The van der Waals surface area contributed by atoms with Crippen LogP contribution in [-0.4, -0.2) is 51.3 Å². The van der Waals surface area contributed by atoms with Crippen molar-refractivity contribution in [3.8, 4) is 0 Å². The van der Waals surface area contributed by atoms with Crippen LogP contribution in [0.15, 0.2) is 0 Å². The summed E-state index contributed by atoms with van der Waals surface area (Å²) < 4.78 is 5.43. The third-order valence-corrected chi connectivity index (χ3v) is 5.16. The monoisotopic (exact) mass is 317 g/mol. The van der Waals surface area contributed by atoms with E-state index >= 15 is 0 Å². The fourth-order valence-electron chi connectivity index (χ4n) is 2.73. The molecule has 1 N–H and O–H groups in total. The van der Waals surface area contributed by atoms with E-state index in [1.54, 1.807) is 39.5 Å². The first-order valence-electron chi connectivity index (χ1n) is 7.30. The zero-order valence-corrected chi connectivity index (χ0v) is 14.7. The SMILES string of the molecule is CCN(C(=O)OC(C)(C)C)C1(C(=O)O)CSCCC1(C)C. The third kappa shape index (κ3) is 3.47. The molecule has 0 aromatic carbocycles. The maximum atomic E-state index is 12.5. The van der Waals surface area contributed by atoms with Gasteiger partial charge in [0.15, 0.2) is 5.54 Å². The molecule has 122 valence electrons. The lowest BCUT2D eigenvalue weighted by molar-refractivity contribution is -0.158. The van der Waals surface area contributed by atoms with E-state index in [0.29, 0.717) is 12.3 Å². The predicted molar refractivity (Wildman–Crippen MR) is 84.7 cm³/mol. The van der Waals surface area contributed by atoms with Crippen LogP contribution in [-0.2, 0) is 9.53 Å². The van der Waals surface area contributed by atoms with Crippen molar-refractivity contribution in [3.05, 3.63) is 0 Å². The lowest BCUT2D eigenvalue weighted by Crippen LogP contribution is -2.68. The molecule has 0 bridgehead atoms. The summed E-state index contributed by atoms with van der Waals surface area (Å²) in [6, 6.07) is 0. The second-order valence-corrected chi connectivity index (χ2v) is 8.18. The average molecular weight is 317 g/mol. The number of carbonyl (C=O) groups excluding carboxylic acids is 1. The molecule has 1 saturated heterocycles. The number of rotatable bonds is 3. The minimum atomic E-state index is -1.23. The molecule has 0 aromatic heterocycles. The average Bonchev–Trinajstić information content (AvgIpc) is 2.29. The standard InChI is InChI=1S/C15H27NO4S/c1-7-16(12(19)20-13(2,3)4)15(11(17)18)10-21-9-8-14(15,5)6/h7-10H2,1-6H3,(H,17,18). The van der Waals surface area contributed by atoms with Crippen LogP contribution in [0.1, 0.15) is 48.0 Å². The Labute approximate surface area is 131 Å². The van der Waals surface area contributed by atoms with E-state index in [-0.39, 0.29) is 0 Å². The van der Waals surface area contributed by atoms with Gasteiger partial charge >= 0.3 is 12.1 Å². The van der Waals surface area contributed by atoms with Gasteiger partial charge in [-0.2, -0.15) is 11.8 Å². The molecule has 1 atom stereocenters. The van der Waals surface area contributed by atoms with Crippen LogP contribution >= 0.6 is 11.8 Å². The number of likely N-dealkylation sites (N-methyl/N-ethyl adjacent to an activating group) is 1. The Bertz CT molecular complexity index is 416. The van der Waals surface area contributed by atoms with Gasteiger partial charge in [-0.05, 0) is 39.9 Å². The van der Waals surface area contributed by atoms with Gasteiger partial charge in [-0.3, -0.25) is 4.90 Å². The highest BCUT2D eigenvalue weighted by molar-refractivity contribution is 7.99. The number of ether oxygens (including phenoxy) is 1. The number of aliphatic carboxylic acids is 1. The largest absolute Gasteiger partial charge is 0.479 e. The number of amides is 1. The highest BCUT2D eigenvalue weighted by Gasteiger charge is 2.58. The highest BCUT2D eigenvalue weighted by atomic mass is 32.2. The summed E-state index contributed by atoms with van der Waals surface area (Å²) in [5.41, 5.74) is -2.37. The third-order valence-electron chi connectivity index (χ3n) is 4.05. The summed E-state index contributed by atoms with van der Waals surface area (Å²) in [5.74, 6) is 0.350. The number of thioether (sulfide) groups is 1. The minimum Gasteiger partial charge on any atom is -0.479 e. The van der Waals surface area contributed by atoms with E-state index < -0.39 is 28.6 Å². The zero-order valence-electron chi connectivity index (χ0n) is 13.9. The number of hydrogen-bond acceptors (Lipinski definition) is 4. The molecular formula is C15H27NO4S. The van der Waals surface area contributed by atoms with Crippen molar-refractivity contribution in [2.75, 3.05) is 18.1 Å². The van der Waals surface area contributed by atoms with Crippen molar-refractivity contribution in [2.45, 2.75) is 59.1 Å². The van der Waals surface area contributed by atoms with Crippen molar-refractivity contribution >= 4 is 23.8 Å². The molecule has 1 unspecified atom stereocenters. The number of hydrogen-bond donors (Lipinski definition) is 1. The molecule has 0 spiro atoms. The Morgan fingerprint density at radius 1 is 1.33 bits per heavy atom. The van der Waals surface area contributed by atoms with Crippen LogP contribution in [0.3, 0.4) is 0 Å². The Morgan fingerprint density at radius 2 is 1.90 bits per heavy atom. The summed E-state index contributed by atoms with van der Waals surface area (Å²) in [4.78, 5) is 26.0. The Hall–Kier alpha value is -0.910.